The van der Waals surface area contributed by atoms with Crippen molar-refractivity contribution in [1.29, 1.82) is 0 Å². The number of ether oxygens (including phenoxy) is 1. The number of hydrogen-bond acceptors (Lipinski definition) is 5. The molecule has 0 bridgehead atoms. The number of benzene rings is 1. The molecule has 23 heavy (non-hydrogen) atoms. The minimum Gasteiger partial charge on any atom is -0.495 e. The van der Waals surface area contributed by atoms with Gasteiger partial charge in [-0.2, -0.15) is 0 Å². The van der Waals surface area contributed by atoms with Crippen LogP contribution in [0.5, 0.6) is 5.75 Å². The predicted molar refractivity (Wildman–Crippen MR) is 87.2 cm³/mol. The highest BCUT2D eigenvalue weighted by atomic mass is 32.2. The van der Waals surface area contributed by atoms with Gasteiger partial charge in [-0.3, -0.25) is 4.79 Å². The van der Waals surface area contributed by atoms with Gasteiger partial charge in [-0.1, -0.05) is 0 Å². The monoisotopic (exact) mass is 341 g/mol. The Kier molecular flexibility index (Phi) is 5.28. The molecule has 0 radical (unpaired) electrons. The zero-order chi connectivity index (χ0) is 17.2. The minimum atomic E-state index is -3.71. The Morgan fingerprint density at radius 2 is 1.91 bits per heavy atom. The number of sulfonamides is 1. The number of nitrogens with zero attached hydrogens (tertiary/aromatic N) is 1. The first-order chi connectivity index (χ1) is 10.8. The van der Waals surface area contributed by atoms with Crippen molar-refractivity contribution in [3.63, 3.8) is 0 Å². The maximum atomic E-state index is 12.7. The Morgan fingerprint density at radius 3 is 2.43 bits per heavy atom. The number of hydrogen-bond donors (Lipinski definition) is 2. The van der Waals surface area contributed by atoms with Gasteiger partial charge in [-0.15, -0.1) is 0 Å². The molecule has 2 atom stereocenters. The Labute approximate surface area is 137 Å². The molecule has 1 saturated heterocycles. The summed E-state index contributed by atoms with van der Waals surface area (Å²) in [5.74, 6) is 0.0263. The van der Waals surface area contributed by atoms with Crippen molar-refractivity contribution < 1.29 is 17.9 Å². The molecule has 1 aromatic rings. The fourth-order valence-corrected chi connectivity index (χ4v) is 3.72. The summed E-state index contributed by atoms with van der Waals surface area (Å²) >= 11 is 0. The van der Waals surface area contributed by atoms with E-state index < -0.39 is 10.0 Å². The van der Waals surface area contributed by atoms with E-state index in [1.54, 1.807) is 11.0 Å². The molecule has 8 heteroatoms. The molecule has 7 nitrogen and oxygen atoms in total. The van der Waals surface area contributed by atoms with E-state index in [1.165, 1.54) is 26.3 Å². The molecular formula is C15H23N3O4S. The van der Waals surface area contributed by atoms with Crippen molar-refractivity contribution in [2.45, 2.75) is 30.8 Å². The van der Waals surface area contributed by atoms with Crippen molar-refractivity contribution >= 4 is 15.9 Å². The maximum absolute atomic E-state index is 12.7. The van der Waals surface area contributed by atoms with Gasteiger partial charge in [0.2, 0.25) is 10.0 Å². The number of nitrogens with one attached hydrogen (secondary N) is 2. The van der Waals surface area contributed by atoms with Crippen molar-refractivity contribution in [2.75, 3.05) is 27.2 Å². The van der Waals surface area contributed by atoms with Gasteiger partial charge in [0.25, 0.3) is 5.91 Å². The lowest BCUT2D eigenvalue weighted by Crippen LogP contribution is -2.55. The number of piperazine rings is 1. The lowest BCUT2D eigenvalue weighted by Gasteiger charge is -2.36. The Bertz CT molecular complexity index is 680. The van der Waals surface area contributed by atoms with Crippen LogP contribution < -0.4 is 14.8 Å². The molecule has 1 aliphatic heterocycles. The van der Waals surface area contributed by atoms with Crippen molar-refractivity contribution in [2.24, 2.45) is 0 Å². The third-order valence-electron chi connectivity index (χ3n) is 3.81. The highest BCUT2D eigenvalue weighted by Crippen LogP contribution is 2.25. The third-order valence-corrected chi connectivity index (χ3v) is 5.25. The van der Waals surface area contributed by atoms with Crippen LogP contribution in [-0.4, -0.2) is 58.6 Å². The molecule has 0 saturated carbocycles. The second-order valence-corrected chi connectivity index (χ2v) is 7.61. The minimum absolute atomic E-state index is 0.0374. The van der Waals surface area contributed by atoms with Gasteiger partial charge in [0.05, 0.1) is 7.11 Å². The molecule has 1 aromatic carbocycles. The number of amides is 1. The van der Waals surface area contributed by atoms with Gasteiger partial charge >= 0.3 is 0 Å². The Balaban J connectivity index is 2.36. The molecule has 2 rings (SSSR count). The summed E-state index contributed by atoms with van der Waals surface area (Å²) in [6.45, 7) is 5.20. The molecule has 128 valence electrons. The fraction of sp³-hybridized carbons (Fsp3) is 0.533. The van der Waals surface area contributed by atoms with Crippen LogP contribution in [-0.2, 0) is 10.0 Å². The van der Waals surface area contributed by atoms with Gasteiger partial charge < -0.3 is 15.0 Å². The normalized spacial score (nSPS) is 22.0. The summed E-state index contributed by atoms with van der Waals surface area (Å²) < 4.78 is 31.6. The number of rotatable bonds is 4. The van der Waals surface area contributed by atoms with Gasteiger partial charge in [-0.05, 0) is 39.1 Å². The highest BCUT2D eigenvalue weighted by molar-refractivity contribution is 7.89. The van der Waals surface area contributed by atoms with Crippen LogP contribution in [0.1, 0.15) is 24.2 Å². The highest BCUT2D eigenvalue weighted by Gasteiger charge is 2.27. The largest absolute Gasteiger partial charge is 0.495 e. The smallest absolute Gasteiger partial charge is 0.254 e. The quantitative estimate of drug-likeness (QED) is 0.829. The number of methoxy groups -OCH3 is 1. The molecule has 1 heterocycles. The van der Waals surface area contributed by atoms with Crippen LogP contribution in [0.25, 0.3) is 0 Å². The van der Waals surface area contributed by atoms with Gasteiger partial charge in [0, 0.05) is 30.7 Å². The first-order valence-corrected chi connectivity index (χ1v) is 8.93. The molecule has 0 unspecified atom stereocenters. The first kappa shape index (κ1) is 17.7. The van der Waals surface area contributed by atoms with E-state index in [9.17, 15) is 13.2 Å². The van der Waals surface area contributed by atoms with Crippen LogP contribution in [0.2, 0.25) is 0 Å². The summed E-state index contributed by atoms with van der Waals surface area (Å²) in [5, 5.41) is 3.36. The third kappa shape index (κ3) is 3.82. The van der Waals surface area contributed by atoms with Crippen LogP contribution in [0.4, 0.5) is 0 Å². The second kappa shape index (κ2) is 6.86. The molecule has 2 N–H and O–H groups in total. The second-order valence-electron chi connectivity index (χ2n) is 5.75. The zero-order valence-electron chi connectivity index (χ0n) is 13.8. The SMILES string of the molecule is CNS(=O)(=O)c1cc(C(=O)N2C[C@H](C)N[C@@H](C)C2)ccc1OC. The van der Waals surface area contributed by atoms with Gasteiger partial charge in [0.15, 0.2) is 0 Å². The summed E-state index contributed by atoms with van der Waals surface area (Å²) in [6.07, 6.45) is 0. The molecule has 0 spiro atoms. The molecule has 1 amide bonds. The predicted octanol–water partition coefficient (Wildman–Crippen LogP) is 0.426. The summed E-state index contributed by atoms with van der Waals surface area (Å²) in [4.78, 5) is 14.4. The van der Waals surface area contributed by atoms with Crippen molar-refractivity contribution in [3.05, 3.63) is 23.8 Å². The molecular weight excluding hydrogens is 318 g/mol. The van der Waals surface area contributed by atoms with E-state index >= 15 is 0 Å². The van der Waals surface area contributed by atoms with E-state index in [0.29, 0.717) is 18.7 Å². The average molecular weight is 341 g/mol. The topological polar surface area (TPSA) is 87.7 Å². The molecule has 0 aliphatic carbocycles. The molecule has 0 aromatic heterocycles. The fourth-order valence-electron chi connectivity index (χ4n) is 2.80. The maximum Gasteiger partial charge on any atom is 0.254 e. The van der Waals surface area contributed by atoms with E-state index in [1.807, 2.05) is 13.8 Å². The van der Waals surface area contributed by atoms with E-state index in [2.05, 4.69) is 10.0 Å². The zero-order valence-corrected chi connectivity index (χ0v) is 14.6. The van der Waals surface area contributed by atoms with Crippen molar-refractivity contribution in [1.82, 2.24) is 14.9 Å². The summed E-state index contributed by atoms with van der Waals surface area (Å²) in [7, 11) is -0.991. The Hall–Kier alpha value is -1.64. The molecule has 1 fully saturated rings. The lowest BCUT2D eigenvalue weighted by atomic mass is 10.1. The van der Waals surface area contributed by atoms with E-state index in [-0.39, 0.29) is 28.6 Å². The number of carbonyl (C=O) groups is 1. The van der Waals surface area contributed by atoms with Crippen LogP contribution in [0.15, 0.2) is 23.1 Å². The standard InChI is InChI=1S/C15H23N3O4S/c1-10-8-18(9-11(2)17-10)15(19)12-5-6-13(22-4)14(7-12)23(20,21)16-3/h5-7,10-11,16-17H,8-9H2,1-4H3/t10-,11-/m0/s1. The summed E-state index contributed by atoms with van der Waals surface area (Å²) in [5.41, 5.74) is 0.334. The summed E-state index contributed by atoms with van der Waals surface area (Å²) in [6, 6.07) is 4.85. The Morgan fingerprint density at radius 1 is 1.30 bits per heavy atom. The van der Waals surface area contributed by atoms with Gasteiger partial charge in [-0.25, -0.2) is 13.1 Å². The first-order valence-electron chi connectivity index (χ1n) is 7.45. The van der Waals surface area contributed by atoms with Crippen molar-refractivity contribution in [3.8, 4) is 5.75 Å². The average Bonchev–Trinajstić information content (AvgIpc) is 2.52. The number of carbonyl (C=O) groups excluding carboxylic acids is 1. The van der Waals surface area contributed by atoms with Crippen LogP contribution in [0, 0.1) is 0 Å². The van der Waals surface area contributed by atoms with E-state index in [0.717, 1.165) is 0 Å². The van der Waals surface area contributed by atoms with Gasteiger partial charge in [0.1, 0.15) is 10.6 Å². The lowest BCUT2D eigenvalue weighted by molar-refractivity contribution is 0.0673. The van der Waals surface area contributed by atoms with Crippen LogP contribution in [0.3, 0.4) is 0 Å². The van der Waals surface area contributed by atoms with Crippen LogP contribution >= 0.6 is 0 Å². The molecule has 1 aliphatic rings. The van der Waals surface area contributed by atoms with E-state index in [4.69, 9.17) is 4.74 Å².